The van der Waals surface area contributed by atoms with Gasteiger partial charge in [-0.3, -0.25) is 4.79 Å². The van der Waals surface area contributed by atoms with Crippen molar-refractivity contribution in [2.75, 3.05) is 19.8 Å². The molecule has 0 bridgehead atoms. The molecule has 25 heavy (non-hydrogen) atoms. The number of cyclic esters (lactones) is 1. The number of esters is 1. The number of rotatable bonds is 6. The molecule has 1 saturated heterocycles. The quantitative estimate of drug-likeness (QED) is 0.799. The van der Waals surface area contributed by atoms with Crippen LogP contribution in [0.15, 0.2) is 30.3 Å². The highest BCUT2D eigenvalue weighted by atomic mass is 16.6. The first-order chi connectivity index (χ1) is 12.0. The third kappa shape index (κ3) is 6.42. The van der Waals surface area contributed by atoms with E-state index in [9.17, 15) is 4.79 Å². The number of hydrogen-bond donors (Lipinski definition) is 1. The lowest BCUT2D eigenvalue weighted by Gasteiger charge is -2.31. The highest BCUT2D eigenvalue weighted by molar-refractivity contribution is 5.75. The zero-order valence-electron chi connectivity index (χ0n) is 15.5. The number of nitrogens with two attached hydrogens (primary N) is 1. The average molecular weight is 349 g/mol. The predicted molar refractivity (Wildman–Crippen MR) is 97.2 cm³/mol. The smallest absolute Gasteiger partial charge is 0.325 e. The minimum absolute atomic E-state index is 0.145. The van der Waals surface area contributed by atoms with Gasteiger partial charge in [-0.05, 0) is 31.2 Å². The molecule has 4 atom stereocenters. The number of ether oxygens (including phenoxy) is 3. The van der Waals surface area contributed by atoms with E-state index in [4.69, 9.17) is 19.9 Å². The Morgan fingerprint density at radius 1 is 1.24 bits per heavy atom. The second kappa shape index (κ2) is 9.90. The molecule has 0 saturated carbocycles. The van der Waals surface area contributed by atoms with Crippen molar-refractivity contribution in [2.45, 2.75) is 51.9 Å². The summed E-state index contributed by atoms with van der Waals surface area (Å²) >= 11 is 0. The van der Waals surface area contributed by atoms with Gasteiger partial charge in [-0.1, -0.05) is 44.2 Å². The largest absolute Gasteiger partial charge is 0.459 e. The number of carbonyl (C=O) groups excluding carboxylic acids is 1. The van der Waals surface area contributed by atoms with Gasteiger partial charge in [-0.2, -0.15) is 0 Å². The van der Waals surface area contributed by atoms with E-state index in [0.29, 0.717) is 19.1 Å². The minimum Gasteiger partial charge on any atom is -0.459 e. The van der Waals surface area contributed by atoms with E-state index in [1.165, 1.54) is 5.56 Å². The predicted octanol–water partition coefficient (Wildman–Crippen LogP) is 2.57. The highest BCUT2D eigenvalue weighted by Gasteiger charge is 2.33. The third-order valence-corrected chi connectivity index (χ3v) is 4.43. The van der Waals surface area contributed by atoms with Gasteiger partial charge in [-0.15, -0.1) is 0 Å². The summed E-state index contributed by atoms with van der Waals surface area (Å²) in [6.45, 7) is 7.43. The Hall–Kier alpha value is -1.43. The Morgan fingerprint density at radius 3 is 2.64 bits per heavy atom. The molecule has 1 aromatic rings. The molecule has 0 radical (unpaired) electrons. The van der Waals surface area contributed by atoms with Gasteiger partial charge in [-0.25, -0.2) is 0 Å². The Balaban J connectivity index is 2.09. The molecule has 0 amide bonds. The maximum Gasteiger partial charge on any atom is 0.325 e. The van der Waals surface area contributed by atoms with Crippen molar-refractivity contribution in [3.63, 3.8) is 0 Å². The zero-order chi connectivity index (χ0) is 18.2. The molecule has 5 nitrogen and oxygen atoms in total. The summed E-state index contributed by atoms with van der Waals surface area (Å²) in [5.41, 5.74) is 7.10. The van der Waals surface area contributed by atoms with Gasteiger partial charge in [0.1, 0.15) is 12.1 Å². The van der Waals surface area contributed by atoms with Gasteiger partial charge in [0.05, 0.1) is 19.3 Å². The third-order valence-electron chi connectivity index (χ3n) is 4.43. The van der Waals surface area contributed by atoms with Gasteiger partial charge in [0.25, 0.3) is 0 Å². The maximum absolute atomic E-state index is 12.0. The van der Waals surface area contributed by atoms with Crippen molar-refractivity contribution in [3.05, 3.63) is 35.9 Å². The summed E-state index contributed by atoms with van der Waals surface area (Å²) in [4.78, 5) is 12.0. The molecule has 1 heterocycles. The molecule has 1 fully saturated rings. The zero-order valence-corrected chi connectivity index (χ0v) is 15.5. The van der Waals surface area contributed by atoms with Crippen LogP contribution in [0.3, 0.4) is 0 Å². The molecular formula is C20H31NO4. The first-order valence-electron chi connectivity index (χ1n) is 9.16. The molecule has 140 valence electrons. The topological polar surface area (TPSA) is 70.8 Å². The van der Waals surface area contributed by atoms with Crippen molar-refractivity contribution in [3.8, 4) is 0 Å². The molecule has 2 rings (SSSR count). The van der Waals surface area contributed by atoms with Gasteiger partial charge < -0.3 is 19.9 Å². The maximum atomic E-state index is 12.0. The number of aryl methyl sites for hydroxylation is 1. The van der Waals surface area contributed by atoms with Crippen LogP contribution in [0.25, 0.3) is 0 Å². The molecule has 0 aromatic heterocycles. The van der Waals surface area contributed by atoms with Crippen molar-refractivity contribution >= 4 is 5.97 Å². The first-order valence-corrected chi connectivity index (χ1v) is 9.16. The van der Waals surface area contributed by atoms with Gasteiger partial charge in [0.15, 0.2) is 0 Å². The molecule has 4 unspecified atom stereocenters. The van der Waals surface area contributed by atoms with Crippen LogP contribution in [0.4, 0.5) is 0 Å². The second-order valence-corrected chi connectivity index (χ2v) is 7.26. The van der Waals surface area contributed by atoms with E-state index in [2.05, 4.69) is 26.0 Å². The fraction of sp³-hybridized carbons (Fsp3) is 0.650. The molecule has 5 heteroatoms. The van der Waals surface area contributed by atoms with Crippen molar-refractivity contribution < 1.29 is 19.0 Å². The van der Waals surface area contributed by atoms with Crippen LogP contribution in [0.1, 0.15) is 32.8 Å². The van der Waals surface area contributed by atoms with Crippen molar-refractivity contribution in [1.82, 2.24) is 0 Å². The van der Waals surface area contributed by atoms with E-state index in [1.54, 1.807) is 0 Å². The first kappa shape index (κ1) is 19.9. The SMILES string of the molecule is CC(C)COC1C(CCc2ccccc2)COCC(N)C(=O)OC1C. The lowest BCUT2D eigenvalue weighted by Crippen LogP contribution is -2.41. The van der Waals surface area contributed by atoms with Crippen LogP contribution >= 0.6 is 0 Å². The minimum atomic E-state index is -0.735. The van der Waals surface area contributed by atoms with Crippen molar-refractivity contribution in [2.24, 2.45) is 17.6 Å². The Labute approximate surface area is 150 Å². The normalized spacial score (nSPS) is 28.1. The van der Waals surface area contributed by atoms with Gasteiger partial charge in [0, 0.05) is 12.5 Å². The Morgan fingerprint density at radius 2 is 1.96 bits per heavy atom. The fourth-order valence-electron chi connectivity index (χ4n) is 3.05. The van der Waals surface area contributed by atoms with E-state index >= 15 is 0 Å². The lowest BCUT2D eigenvalue weighted by molar-refractivity contribution is -0.160. The van der Waals surface area contributed by atoms with E-state index < -0.39 is 12.0 Å². The second-order valence-electron chi connectivity index (χ2n) is 7.26. The summed E-state index contributed by atoms with van der Waals surface area (Å²) in [7, 11) is 0. The van der Waals surface area contributed by atoms with E-state index in [-0.39, 0.29) is 24.7 Å². The van der Waals surface area contributed by atoms with Crippen LogP contribution in [-0.4, -0.2) is 44.0 Å². The monoisotopic (exact) mass is 349 g/mol. The summed E-state index contributed by atoms with van der Waals surface area (Å²) in [5, 5.41) is 0. The van der Waals surface area contributed by atoms with E-state index in [1.807, 2.05) is 25.1 Å². The van der Waals surface area contributed by atoms with E-state index in [0.717, 1.165) is 12.8 Å². The van der Waals surface area contributed by atoms with Crippen LogP contribution in [0.5, 0.6) is 0 Å². The van der Waals surface area contributed by atoms with Gasteiger partial charge in [0.2, 0.25) is 0 Å². The highest BCUT2D eigenvalue weighted by Crippen LogP contribution is 2.23. The Bertz CT molecular complexity index is 520. The van der Waals surface area contributed by atoms with Crippen LogP contribution in [-0.2, 0) is 25.4 Å². The Kier molecular flexibility index (Phi) is 7.88. The molecule has 1 aliphatic rings. The number of carbonyl (C=O) groups is 1. The van der Waals surface area contributed by atoms with Crippen LogP contribution in [0, 0.1) is 11.8 Å². The summed E-state index contributed by atoms with van der Waals surface area (Å²) in [6, 6.07) is 9.63. The molecule has 2 N–H and O–H groups in total. The lowest BCUT2D eigenvalue weighted by atomic mass is 9.92. The summed E-state index contributed by atoms with van der Waals surface area (Å²) in [6.07, 6.45) is 1.30. The van der Waals surface area contributed by atoms with Crippen LogP contribution in [0.2, 0.25) is 0 Å². The number of hydrogen-bond acceptors (Lipinski definition) is 5. The summed E-state index contributed by atoms with van der Waals surface area (Å²) < 4.78 is 17.4. The van der Waals surface area contributed by atoms with Gasteiger partial charge >= 0.3 is 5.97 Å². The fourth-order valence-corrected chi connectivity index (χ4v) is 3.05. The van der Waals surface area contributed by atoms with Crippen molar-refractivity contribution in [1.29, 1.82) is 0 Å². The average Bonchev–Trinajstić information content (AvgIpc) is 2.63. The molecule has 1 aromatic carbocycles. The summed E-state index contributed by atoms with van der Waals surface area (Å²) in [5.74, 6) is 0.134. The molecule has 1 aliphatic heterocycles. The molecule has 0 aliphatic carbocycles. The molecule has 0 spiro atoms. The standard InChI is InChI=1S/C20H31NO4/c1-14(2)11-24-19-15(3)25-20(22)18(21)13-23-12-17(19)10-9-16-7-5-4-6-8-16/h4-8,14-15,17-19H,9-13,21H2,1-3H3. The number of benzene rings is 1. The van der Waals surface area contributed by atoms with Crippen LogP contribution < -0.4 is 5.73 Å². The molecular weight excluding hydrogens is 318 g/mol.